The van der Waals surface area contributed by atoms with Gasteiger partial charge < -0.3 is 15.4 Å². The second kappa shape index (κ2) is 4.15. The van der Waals surface area contributed by atoms with Crippen LogP contribution in [0.5, 0.6) is 5.75 Å². The van der Waals surface area contributed by atoms with E-state index in [2.05, 4.69) is 15.4 Å². The molecule has 0 bridgehead atoms. The molecule has 1 aromatic carbocycles. The topological polar surface area (TPSA) is 50.4 Å². The molecule has 1 heterocycles. The zero-order valence-corrected chi connectivity index (χ0v) is 8.54. The zero-order valence-electron chi connectivity index (χ0n) is 8.54. The largest absolute Gasteiger partial charge is 0.573 e. The molecule has 2 rings (SSSR count). The van der Waals surface area contributed by atoms with Gasteiger partial charge in [-0.2, -0.15) is 0 Å². The highest BCUT2D eigenvalue weighted by molar-refractivity contribution is 5.76. The molecule has 1 saturated heterocycles. The van der Waals surface area contributed by atoms with Crippen LogP contribution in [0.15, 0.2) is 24.3 Å². The maximum absolute atomic E-state index is 12.0. The Labute approximate surface area is 94.8 Å². The van der Waals surface area contributed by atoms with Crippen LogP contribution < -0.4 is 15.4 Å². The first kappa shape index (κ1) is 11.6. The van der Waals surface area contributed by atoms with E-state index in [1.165, 1.54) is 18.2 Å². The normalized spacial score (nSPS) is 19.7. The van der Waals surface area contributed by atoms with E-state index in [0.29, 0.717) is 12.1 Å². The summed E-state index contributed by atoms with van der Waals surface area (Å²) >= 11 is 0. The van der Waals surface area contributed by atoms with Gasteiger partial charge in [-0.3, -0.25) is 0 Å². The highest BCUT2D eigenvalue weighted by Gasteiger charge is 2.31. The Morgan fingerprint density at radius 1 is 1.35 bits per heavy atom. The number of benzene rings is 1. The van der Waals surface area contributed by atoms with Crippen molar-refractivity contribution in [2.24, 2.45) is 0 Å². The van der Waals surface area contributed by atoms with Crippen LogP contribution in [0.4, 0.5) is 18.0 Å². The molecular weight excluding hydrogens is 237 g/mol. The Bertz CT molecular complexity index is 434. The number of urea groups is 1. The first-order valence-corrected chi connectivity index (χ1v) is 4.84. The fourth-order valence-corrected chi connectivity index (χ4v) is 1.58. The van der Waals surface area contributed by atoms with E-state index in [1.54, 1.807) is 6.07 Å². The van der Waals surface area contributed by atoms with Crippen molar-refractivity contribution in [3.05, 3.63) is 29.8 Å². The third-order valence-electron chi connectivity index (χ3n) is 2.27. The lowest BCUT2D eigenvalue weighted by molar-refractivity contribution is -0.274. The minimum atomic E-state index is -4.71. The van der Waals surface area contributed by atoms with Crippen molar-refractivity contribution >= 4 is 6.03 Å². The van der Waals surface area contributed by atoms with Crippen LogP contribution in [0, 0.1) is 0 Å². The van der Waals surface area contributed by atoms with Crippen LogP contribution in [0.1, 0.15) is 11.6 Å². The Hall–Kier alpha value is -1.92. The van der Waals surface area contributed by atoms with Gasteiger partial charge in [-0.25, -0.2) is 4.79 Å². The lowest BCUT2D eigenvalue weighted by Crippen LogP contribution is -2.22. The number of rotatable bonds is 2. The van der Waals surface area contributed by atoms with Crippen LogP contribution in [0.2, 0.25) is 0 Å². The molecule has 0 aliphatic carbocycles. The molecule has 4 nitrogen and oxygen atoms in total. The molecule has 1 atom stereocenters. The van der Waals surface area contributed by atoms with E-state index < -0.39 is 6.36 Å². The summed E-state index contributed by atoms with van der Waals surface area (Å²) in [5.41, 5.74) is 0.560. The molecule has 0 radical (unpaired) electrons. The van der Waals surface area contributed by atoms with Gasteiger partial charge in [0.25, 0.3) is 0 Å². The van der Waals surface area contributed by atoms with Gasteiger partial charge in [0, 0.05) is 6.54 Å². The fourth-order valence-electron chi connectivity index (χ4n) is 1.58. The van der Waals surface area contributed by atoms with Crippen molar-refractivity contribution in [3.63, 3.8) is 0 Å². The predicted molar refractivity (Wildman–Crippen MR) is 52.4 cm³/mol. The van der Waals surface area contributed by atoms with Crippen LogP contribution in [0.25, 0.3) is 0 Å². The predicted octanol–water partition coefficient (Wildman–Crippen LogP) is 1.94. The molecule has 0 aromatic heterocycles. The average Bonchev–Trinajstić information content (AvgIpc) is 2.63. The number of halogens is 3. The lowest BCUT2D eigenvalue weighted by Gasteiger charge is -2.12. The quantitative estimate of drug-likeness (QED) is 0.837. The molecule has 7 heteroatoms. The van der Waals surface area contributed by atoms with Crippen LogP contribution in [-0.4, -0.2) is 18.9 Å². The second-order valence-corrected chi connectivity index (χ2v) is 3.53. The summed E-state index contributed by atoms with van der Waals surface area (Å²) in [5.74, 6) is -0.295. The van der Waals surface area contributed by atoms with E-state index in [-0.39, 0.29) is 17.8 Å². The van der Waals surface area contributed by atoms with Crippen molar-refractivity contribution in [2.75, 3.05) is 6.54 Å². The number of carbonyl (C=O) groups excluding carboxylic acids is 1. The highest BCUT2D eigenvalue weighted by atomic mass is 19.4. The first-order valence-electron chi connectivity index (χ1n) is 4.84. The molecule has 0 spiro atoms. The van der Waals surface area contributed by atoms with E-state index in [9.17, 15) is 18.0 Å². The number of alkyl halides is 3. The lowest BCUT2D eigenvalue weighted by atomic mass is 10.1. The number of hydrogen-bond acceptors (Lipinski definition) is 2. The number of ether oxygens (including phenoxy) is 1. The first-order chi connectivity index (χ1) is 7.94. The summed E-state index contributed by atoms with van der Waals surface area (Å²) in [5, 5.41) is 5.10. The molecule has 1 aromatic rings. The highest BCUT2D eigenvalue weighted by Crippen LogP contribution is 2.26. The molecule has 17 heavy (non-hydrogen) atoms. The maximum Gasteiger partial charge on any atom is 0.573 e. The summed E-state index contributed by atoms with van der Waals surface area (Å²) in [6.07, 6.45) is -4.71. The minimum absolute atomic E-state index is 0.295. The van der Waals surface area contributed by atoms with Crippen LogP contribution in [-0.2, 0) is 0 Å². The van der Waals surface area contributed by atoms with E-state index in [1.807, 2.05) is 0 Å². The van der Waals surface area contributed by atoms with Gasteiger partial charge in [-0.05, 0) is 17.7 Å². The third kappa shape index (κ3) is 3.02. The minimum Gasteiger partial charge on any atom is -0.406 e. The van der Waals surface area contributed by atoms with Crippen molar-refractivity contribution < 1.29 is 22.7 Å². The SMILES string of the molecule is O=C1NC[C@@H](c2cccc(OC(F)(F)F)c2)N1. The Morgan fingerprint density at radius 2 is 2.12 bits per heavy atom. The molecule has 0 saturated carbocycles. The molecule has 2 N–H and O–H groups in total. The van der Waals surface area contributed by atoms with Crippen LogP contribution >= 0.6 is 0 Å². The number of nitrogens with one attached hydrogen (secondary N) is 2. The molecule has 1 fully saturated rings. The van der Waals surface area contributed by atoms with Crippen molar-refractivity contribution in [1.82, 2.24) is 10.6 Å². The Morgan fingerprint density at radius 3 is 2.71 bits per heavy atom. The van der Waals surface area contributed by atoms with Gasteiger partial charge >= 0.3 is 12.4 Å². The third-order valence-corrected chi connectivity index (χ3v) is 2.27. The summed E-state index contributed by atoms with van der Waals surface area (Å²) in [6.45, 7) is 0.342. The van der Waals surface area contributed by atoms with Gasteiger partial charge in [-0.1, -0.05) is 12.1 Å². The standard InChI is InChI=1S/C10H9F3N2O2/c11-10(12,13)17-7-3-1-2-6(4-7)8-5-14-9(16)15-8/h1-4,8H,5H2,(H2,14,15,16)/t8-/m0/s1. The molecule has 92 valence electrons. The maximum atomic E-state index is 12.0. The van der Waals surface area contributed by atoms with E-state index in [4.69, 9.17) is 0 Å². The number of amides is 2. The summed E-state index contributed by atoms with van der Waals surface area (Å²) in [7, 11) is 0. The second-order valence-electron chi connectivity index (χ2n) is 3.53. The number of hydrogen-bond donors (Lipinski definition) is 2. The van der Waals surface area contributed by atoms with Gasteiger partial charge in [0.15, 0.2) is 0 Å². The van der Waals surface area contributed by atoms with Crippen molar-refractivity contribution in [1.29, 1.82) is 0 Å². The van der Waals surface area contributed by atoms with Gasteiger partial charge in [0.1, 0.15) is 5.75 Å². The molecular formula is C10H9F3N2O2. The summed E-state index contributed by atoms with van der Waals surface area (Å²) in [4.78, 5) is 10.9. The average molecular weight is 246 g/mol. The number of carbonyl (C=O) groups is 1. The van der Waals surface area contributed by atoms with Gasteiger partial charge in [-0.15, -0.1) is 13.2 Å². The Kier molecular flexibility index (Phi) is 2.83. The van der Waals surface area contributed by atoms with E-state index in [0.717, 1.165) is 0 Å². The smallest absolute Gasteiger partial charge is 0.406 e. The fraction of sp³-hybridized carbons (Fsp3) is 0.300. The molecule has 1 aliphatic heterocycles. The van der Waals surface area contributed by atoms with Gasteiger partial charge in [0.2, 0.25) is 0 Å². The Balaban J connectivity index is 2.14. The van der Waals surface area contributed by atoms with Crippen LogP contribution in [0.3, 0.4) is 0 Å². The monoisotopic (exact) mass is 246 g/mol. The molecule has 0 unspecified atom stereocenters. The van der Waals surface area contributed by atoms with Crippen molar-refractivity contribution in [2.45, 2.75) is 12.4 Å². The van der Waals surface area contributed by atoms with E-state index >= 15 is 0 Å². The van der Waals surface area contributed by atoms with Crippen molar-refractivity contribution in [3.8, 4) is 5.75 Å². The zero-order chi connectivity index (χ0) is 12.5. The molecule has 2 amide bonds. The molecule has 1 aliphatic rings. The van der Waals surface area contributed by atoms with Gasteiger partial charge in [0.05, 0.1) is 6.04 Å². The summed E-state index contributed by atoms with van der Waals surface area (Å²) < 4.78 is 39.8. The summed E-state index contributed by atoms with van der Waals surface area (Å²) in [6, 6.07) is 4.87.